The molecule has 1 unspecified atom stereocenters. The van der Waals surface area contributed by atoms with Gasteiger partial charge in [-0.25, -0.2) is 0 Å². The van der Waals surface area contributed by atoms with Crippen LogP contribution in [0, 0.1) is 0 Å². The van der Waals surface area contributed by atoms with Crippen molar-refractivity contribution in [2.75, 3.05) is 27.4 Å². The Kier molecular flexibility index (Phi) is 8.68. The Balaban J connectivity index is 0.000000243. The molecule has 4 nitrogen and oxygen atoms in total. The fourth-order valence-electron chi connectivity index (χ4n) is 0.741. The van der Waals surface area contributed by atoms with Crippen LogP contribution in [-0.2, 0) is 13.6 Å². The monoisotopic (exact) mass is 208 g/mol. The molecule has 0 aromatic carbocycles. The molecule has 1 heterocycles. The molecule has 1 atom stereocenters. The van der Waals surface area contributed by atoms with E-state index in [0.717, 1.165) is 12.7 Å². The van der Waals surface area contributed by atoms with Crippen LogP contribution in [0.1, 0.15) is 13.3 Å². The van der Waals surface area contributed by atoms with Gasteiger partial charge in [0, 0.05) is 14.2 Å². The molecule has 13 heavy (non-hydrogen) atoms. The van der Waals surface area contributed by atoms with Crippen molar-refractivity contribution in [1.82, 2.24) is 0 Å². The van der Waals surface area contributed by atoms with Crippen LogP contribution in [0.25, 0.3) is 0 Å². The van der Waals surface area contributed by atoms with Gasteiger partial charge in [-0.1, -0.05) is 13.3 Å². The Morgan fingerprint density at radius 2 is 2.00 bits per heavy atom. The number of rotatable bonds is 5. The van der Waals surface area contributed by atoms with E-state index in [-0.39, 0.29) is 12.7 Å². The van der Waals surface area contributed by atoms with Crippen LogP contribution in [0.5, 0.6) is 0 Å². The first-order valence-electron chi connectivity index (χ1n) is 4.56. The van der Waals surface area contributed by atoms with Crippen LogP contribution in [0.2, 0.25) is 6.04 Å². The van der Waals surface area contributed by atoms with Gasteiger partial charge in [-0.15, -0.1) is 0 Å². The van der Waals surface area contributed by atoms with Crippen molar-refractivity contribution in [3.8, 4) is 0 Å². The summed E-state index contributed by atoms with van der Waals surface area (Å²) in [7, 11) is 2.24. The predicted octanol–water partition coefficient (Wildman–Crippen LogP) is 0.287. The van der Waals surface area contributed by atoms with Crippen molar-refractivity contribution in [2.45, 2.75) is 25.5 Å². The Morgan fingerprint density at radius 3 is 2.08 bits per heavy atom. The first-order chi connectivity index (χ1) is 6.28. The molecular formula is C8H20O4Si. The quantitative estimate of drug-likeness (QED) is 0.521. The number of aliphatic hydroxyl groups is 1. The number of aliphatic hydroxyl groups excluding tert-OH is 1. The van der Waals surface area contributed by atoms with Crippen LogP contribution in [0.3, 0.4) is 0 Å². The van der Waals surface area contributed by atoms with Gasteiger partial charge in [0.2, 0.25) is 0 Å². The standard InChI is InChI=1S/C5H14O2Si.C3H6O2/c1-4-5-8(6-2)7-3;4-1-3-2-5-3/h8H,4-5H2,1-3H3;3-4H,1-2H2. The first kappa shape index (κ1) is 13.1. The van der Waals surface area contributed by atoms with E-state index in [2.05, 4.69) is 11.7 Å². The largest absolute Gasteiger partial charge is 0.400 e. The smallest absolute Gasteiger partial charge is 0.320 e. The van der Waals surface area contributed by atoms with Gasteiger partial charge in [0.1, 0.15) is 6.10 Å². The van der Waals surface area contributed by atoms with E-state index in [1.165, 1.54) is 6.42 Å². The molecule has 0 amide bonds. The minimum Gasteiger partial charge on any atom is -0.400 e. The second kappa shape index (κ2) is 8.65. The van der Waals surface area contributed by atoms with Gasteiger partial charge < -0.3 is 18.7 Å². The molecule has 1 aliphatic rings. The van der Waals surface area contributed by atoms with Crippen molar-refractivity contribution in [2.24, 2.45) is 0 Å². The maximum atomic E-state index is 8.08. The van der Waals surface area contributed by atoms with Crippen LogP contribution >= 0.6 is 0 Å². The minimum atomic E-state index is -1.19. The van der Waals surface area contributed by atoms with Gasteiger partial charge >= 0.3 is 9.28 Å². The molecule has 0 aromatic heterocycles. The Hall–Kier alpha value is 0.0569. The SMILES string of the molecule is CCC[SiH](OC)OC.OCC1CO1. The summed E-state index contributed by atoms with van der Waals surface area (Å²) in [6.45, 7) is 3.09. The molecule has 1 fully saturated rings. The zero-order valence-corrected chi connectivity index (χ0v) is 9.81. The fourth-order valence-corrected chi connectivity index (χ4v) is 1.88. The zero-order chi connectivity index (χ0) is 10.1. The molecule has 0 saturated carbocycles. The van der Waals surface area contributed by atoms with Crippen LogP contribution < -0.4 is 0 Å². The minimum absolute atomic E-state index is 0.190. The van der Waals surface area contributed by atoms with Gasteiger partial charge in [-0.3, -0.25) is 0 Å². The Morgan fingerprint density at radius 1 is 1.46 bits per heavy atom. The average Bonchev–Trinajstić information content (AvgIpc) is 2.98. The highest BCUT2D eigenvalue weighted by atomic mass is 28.3. The third kappa shape index (κ3) is 8.39. The van der Waals surface area contributed by atoms with E-state index in [1.807, 2.05) is 0 Å². The third-order valence-electron chi connectivity index (χ3n) is 1.66. The lowest BCUT2D eigenvalue weighted by atomic mass is 10.5. The van der Waals surface area contributed by atoms with Gasteiger partial charge in [-0.2, -0.15) is 0 Å². The lowest BCUT2D eigenvalue weighted by molar-refractivity contribution is 0.244. The molecule has 0 aliphatic carbocycles. The summed E-state index contributed by atoms with van der Waals surface area (Å²) in [5, 5.41) is 8.08. The fraction of sp³-hybridized carbons (Fsp3) is 1.00. The molecular weight excluding hydrogens is 188 g/mol. The van der Waals surface area contributed by atoms with Crippen LogP contribution in [-0.4, -0.2) is 47.9 Å². The lowest BCUT2D eigenvalue weighted by Crippen LogP contribution is -2.17. The number of hydrogen-bond donors (Lipinski definition) is 1. The Labute approximate surface area is 81.7 Å². The van der Waals surface area contributed by atoms with E-state index in [9.17, 15) is 0 Å². The highest BCUT2D eigenvalue weighted by Gasteiger charge is 2.19. The van der Waals surface area contributed by atoms with Crippen molar-refractivity contribution in [3.63, 3.8) is 0 Å². The van der Waals surface area contributed by atoms with Gasteiger partial charge in [0.05, 0.1) is 13.2 Å². The van der Waals surface area contributed by atoms with Crippen molar-refractivity contribution in [3.05, 3.63) is 0 Å². The molecule has 1 N–H and O–H groups in total. The molecule has 80 valence electrons. The summed E-state index contributed by atoms with van der Waals surface area (Å²) < 4.78 is 14.7. The average molecular weight is 208 g/mol. The highest BCUT2D eigenvalue weighted by Crippen LogP contribution is 2.04. The van der Waals surface area contributed by atoms with E-state index in [1.54, 1.807) is 14.2 Å². The van der Waals surface area contributed by atoms with Crippen molar-refractivity contribution in [1.29, 1.82) is 0 Å². The number of ether oxygens (including phenoxy) is 1. The van der Waals surface area contributed by atoms with E-state index >= 15 is 0 Å². The number of hydrogen-bond acceptors (Lipinski definition) is 4. The van der Waals surface area contributed by atoms with Crippen LogP contribution in [0.15, 0.2) is 0 Å². The van der Waals surface area contributed by atoms with Crippen LogP contribution in [0.4, 0.5) is 0 Å². The summed E-state index contributed by atoms with van der Waals surface area (Å²) in [6.07, 6.45) is 1.36. The topological polar surface area (TPSA) is 51.2 Å². The lowest BCUT2D eigenvalue weighted by Gasteiger charge is -2.07. The van der Waals surface area contributed by atoms with E-state index in [0.29, 0.717) is 0 Å². The summed E-state index contributed by atoms with van der Waals surface area (Å²) in [4.78, 5) is 0. The second-order valence-corrected chi connectivity index (χ2v) is 5.21. The van der Waals surface area contributed by atoms with Gasteiger partial charge in [0.25, 0.3) is 0 Å². The molecule has 1 aliphatic heterocycles. The summed E-state index contributed by atoms with van der Waals surface area (Å²) in [5.74, 6) is 0. The normalized spacial score (nSPS) is 19.6. The zero-order valence-electron chi connectivity index (χ0n) is 8.66. The predicted molar refractivity (Wildman–Crippen MR) is 53.1 cm³/mol. The molecule has 0 radical (unpaired) electrons. The Bertz CT molecular complexity index is 104. The summed E-state index contributed by atoms with van der Waals surface area (Å²) >= 11 is 0. The molecule has 1 rings (SSSR count). The number of epoxide rings is 1. The van der Waals surface area contributed by atoms with E-state index in [4.69, 9.17) is 14.0 Å². The molecule has 1 saturated heterocycles. The third-order valence-corrected chi connectivity index (χ3v) is 3.76. The van der Waals surface area contributed by atoms with E-state index < -0.39 is 9.28 Å². The maximum Gasteiger partial charge on any atom is 0.320 e. The molecule has 0 aromatic rings. The summed E-state index contributed by atoms with van der Waals surface area (Å²) in [6, 6.07) is 1.12. The van der Waals surface area contributed by atoms with Crippen molar-refractivity contribution < 1.29 is 18.7 Å². The molecule has 0 spiro atoms. The second-order valence-electron chi connectivity index (χ2n) is 2.83. The van der Waals surface area contributed by atoms with Gasteiger partial charge in [0.15, 0.2) is 0 Å². The molecule has 0 bridgehead atoms. The van der Waals surface area contributed by atoms with Crippen molar-refractivity contribution >= 4 is 9.28 Å². The first-order valence-corrected chi connectivity index (χ1v) is 6.32. The summed E-state index contributed by atoms with van der Waals surface area (Å²) in [5.41, 5.74) is 0. The van der Waals surface area contributed by atoms with Gasteiger partial charge in [-0.05, 0) is 6.04 Å². The molecule has 5 heteroatoms. The highest BCUT2D eigenvalue weighted by molar-refractivity contribution is 6.44. The maximum absolute atomic E-state index is 8.08.